The van der Waals surface area contributed by atoms with Crippen LogP contribution in [0.1, 0.15) is 25.7 Å². The predicted octanol–water partition coefficient (Wildman–Crippen LogP) is 1.06. The highest BCUT2D eigenvalue weighted by atomic mass is 16.1. The Morgan fingerprint density at radius 1 is 1.45 bits per heavy atom. The molecule has 0 radical (unpaired) electrons. The molecule has 0 aromatic heterocycles. The molecule has 1 saturated heterocycles. The molecule has 2 rings (SSSR count). The van der Waals surface area contributed by atoms with Gasteiger partial charge in [0.15, 0.2) is 0 Å². The Morgan fingerprint density at radius 2 is 2.27 bits per heavy atom. The summed E-state index contributed by atoms with van der Waals surface area (Å²) in [6, 6.07) is 0.594. The van der Waals surface area contributed by atoms with Crippen molar-refractivity contribution in [3.63, 3.8) is 0 Å². The molecule has 11 heavy (non-hydrogen) atoms. The summed E-state index contributed by atoms with van der Waals surface area (Å²) in [5.41, 5.74) is 0. The Kier molecular flexibility index (Phi) is 1.72. The van der Waals surface area contributed by atoms with Crippen molar-refractivity contribution in [3.8, 4) is 0 Å². The van der Waals surface area contributed by atoms with Crippen LogP contribution >= 0.6 is 0 Å². The van der Waals surface area contributed by atoms with Gasteiger partial charge in [0.25, 0.3) is 0 Å². The van der Waals surface area contributed by atoms with Crippen LogP contribution in [0, 0.1) is 5.92 Å². The van der Waals surface area contributed by atoms with Crippen LogP contribution in [-0.4, -0.2) is 30.3 Å². The fraction of sp³-hybridized carbons (Fsp3) is 0.889. The van der Waals surface area contributed by atoms with E-state index >= 15 is 0 Å². The van der Waals surface area contributed by atoms with Crippen molar-refractivity contribution >= 4 is 5.78 Å². The number of likely N-dealkylation sites (tertiary alicyclic amines) is 1. The van der Waals surface area contributed by atoms with Crippen LogP contribution in [0.15, 0.2) is 0 Å². The predicted molar refractivity (Wildman–Crippen MR) is 43.4 cm³/mol. The first-order valence-electron chi connectivity index (χ1n) is 4.49. The Bertz CT molecular complexity index is 178. The van der Waals surface area contributed by atoms with Crippen molar-refractivity contribution in [2.75, 3.05) is 13.6 Å². The zero-order chi connectivity index (χ0) is 7.84. The normalized spacial score (nSPS) is 39.2. The first kappa shape index (κ1) is 7.29. The van der Waals surface area contributed by atoms with Crippen LogP contribution < -0.4 is 0 Å². The highest BCUT2D eigenvalue weighted by Gasteiger charge is 2.37. The lowest BCUT2D eigenvalue weighted by molar-refractivity contribution is -0.117. The average molecular weight is 153 g/mol. The topological polar surface area (TPSA) is 20.3 Å². The number of Topliss-reactive ketones (excluding diaryl/α,β-unsaturated/α-hetero) is 1. The average Bonchev–Trinajstić information content (AvgIpc) is 2.31. The van der Waals surface area contributed by atoms with Gasteiger partial charge < -0.3 is 4.90 Å². The number of fused-ring (bicyclic) bond motifs is 1. The van der Waals surface area contributed by atoms with Crippen LogP contribution in [0.25, 0.3) is 0 Å². The molecular formula is C9H15NO. The number of piperidine rings is 1. The van der Waals surface area contributed by atoms with Crippen molar-refractivity contribution in [1.82, 2.24) is 4.90 Å². The van der Waals surface area contributed by atoms with E-state index in [0.717, 1.165) is 12.8 Å². The molecule has 62 valence electrons. The summed E-state index contributed by atoms with van der Waals surface area (Å²) in [4.78, 5) is 13.5. The summed E-state index contributed by atoms with van der Waals surface area (Å²) in [5.74, 6) is 1.18. The molecule has 0 N–H and O–H groups in total. The number of hydrogen-bond donors (Lipinski definition) is 0. The lowest BCUT2D eigenvalue weighted by Crippen LogP contribution is -2.39. The molecule has 0 aromatic rings. The third-order valence-corrected chi connectivity index (χ3v) is 3.12. The van der Waals surface area contributed by atoms with Gasteiger partial charge in [-0.05, 0) is 32.4 Å². The minimum Gasteiger partial charge on any atom is -0.303 e. The highest BCUT2D eigenvalue weighted by molar-refractivity contribution is 5.81. The summed E-state index contributed by atoms with van der Waals surface area (Å²) < 4.78 is 0. The summed E-state index contributed by atoms with van der Waals surface area (Å²) in [7, 11) is 2.15. The van der Waals surface area contributed by atoms with Crippen molar-refractivity contribution in [3.05, 3.63) is 0 Å². The molecule has 2 atom stereocenters. The second-order valence-electron chi connectivity index (χ2n) is 3.90. The number of carbonyl (C=O) groups excluding carboxylic acids is 1. The maximum absolute atomic E-state index is 11.1. The maximum atomic E-state index is 11.1. The van der Waals surface area contributed by atoms with Gasteiger partial charge in [-0.15, -0.1) is 0 Å². The van der Waals surface area contributed by atoms with Crippen LogP contribution in [-0.2, 0) is 4.79 Å². The molecule has 2 nitrogen and oxygen atoms in total. The first-order chi connectivity index (χ1) is 5.27. The standard InChI is InChI=1S/C9H15NO/c1-10-4-2-3-7-5-8(11)6-9(7)10/h7,9H,2-6H2,1H3. The van der Waals surface area contributed by atoms with E-state index in [0.29, 0.717) is 17.7 Å². The van der Waals surface area contributed by atoms with Crippen LogP contribution in [0.2, 0.25) is 0 Å². The van der Waals surface area contributed by atoms with E-state index in [1.165, 1.54) is 19.4 Å². The van der Waals surface area contributed by atoms with Gasteiger partial charge >= 0.3 is 0 Å². The lowest BCUT2D eigenvalue weighted by Gasteiger charge is -2.33. The van der Waals surface area contributed by atoms with Crippen molar-refractivity contribution in [2.45, 2.75) is 31.7 Å². The van der Waals surface area contributed by atoms with Crippen molar-refractivity contribution in [1.29, 1.82) is 0 Å². The maximum Gasteiger partial charge on any atom is 0.134 e. The summed E-state index contributed by atoms with van der Waals surface area (Å²) in [6.07, 6.45) is 4.24. The van der Waals surface area contributed by atoms with Gasteiger partial charge in [-0.25, -0.2) is 0 Å². The zero-order valence-electron chi connectivity index (χ0n) is 7.05. The second-order valence-corrected chi connectivity index (χ2v) is 3.90. The molecule has 1 aliphatic heterocycles. The third kappa shape index (κ3) is 1.20. The molecule has 1 saturated carbocycles. The number of ketones is 1. The minimum atomic E-state index is 0.480. The molecule has 1 aliphatic carbocycles. The zero-order valence-corrected chi connectivity index (χ0v) is 7.05. The third-order valence-electron chi connectivity index (χ3n) is 3.12. The molecule has 0 spiro atoms. The van der Waals surface area contributed by atoms with E-state index in [1.54, 1.807) is 0 Å². The van der Waals surface area contributed by atoms with Gasteiger partial charge in [-0.3, -0.25) is 4.79 Å². The van der Waals surface area contributed by atoms with E-state index in [4.69, 9.17) is 0 Å². The van der Waals surface area contributed by atoms with E-state index in [-0.39, 0.29) is 0 Å². The lowest BCUT2D eigenvalue weighted by atomic mass is 9.93. The number of rotatable bonds is 0. The molecule has 2 unspecified atom stereocenters. The number of hydrogen-bond acceptors (Lipinski definition) is 2. The smallest absolute Gasteiger partial charge is 0.134 e. The Balaban J connectivity index is 2.09. The largest absolute Gasteiger partial charge is 0.303 e. The SMILES string of the molecule is CN1CCCC2CC(=O)CC21. The van der Waals surface area contributed by atoms with Crippen LogP contribution in [0.5, 0.6) is 0 Å². The van der Waals surface area contributed by atoms with E-state index in [2.05, 4.69) is 11.9 Å². The number of carbonyl (C=O) groups is 1. The Labute approximate surface area is 67.6 Å². The van der Waals surface area contributed by atoms with E-state index < -0.39 is 0 Å². The van der Waals surface area contributed by atoms with Crippen LogP contribution in [0.3, 0.4) is 0 Å². The van der Waals surface area contributed by atoms with Gasteiger partial charge in [-0.1, -0.05) is 0 Å². The molecule has 2 fully saturated rings. The van der Waals surface area contributed by atoms with Gasteiger partial charge in [0, 0.05) is 18.9 Å². The Hall–Kier alpha value is -0.370. The van der Waals surface area contributed by atoms with E-state index in [1.807, 2.05) is 0 Å². The molecule has 0 bridgehead atoms. The first-order valence-corrected chi connectivity index (χ1v) is 4.49. The summed E-state index contributed by atoms with van der Waals surface area (Å²) in [6.45, 7) is 1.19. The molecule has 0 amide bonds. The fourth-order valence-electron chi connectivity index (χ4n) is 2.49. The molecule has 1 heterocycles. The summed E-state index contributed by atoms with van der Waals surface area (Å²) in [5, 5.41) is 0. The molecular weight excluding hydrogens is 138 g/mol. The highest BCUT2D eigenvalue weighted by Crippen LogP contribution is 2.33. The van der Waals surface area contributed by atoms with Gasteiger partial charge in [0.05, 0.1) is 0 Å². The quantitative estimate of drug-likeness (QED) is 0.518. The van der Waals surface area contributed by atoms with Crippen LogP contribution in [0.4, 0.5) is 0 Å². The van der Waals surface area contributed by atoms with Crippen molar-refractivity contribution < 1.29 is 4.79 Å². The van der Waals surface area contributed by atoms with Gasteiger partial charge in [0.2, 0.25) is 0 Å². The molecule has 0 aromatic carbocycles. The minimum absolute atomic E-state index is 0.480. The Morgan fingerprint density at radius 3 is 3.00 bits per heavy atom. The summed E-state index contributed by atoms with van der Waals surface area (Å²) >= 11 is 0. The van der Waals surface area contributed by atoms with Gasteiger partial charge in [-0.2, -0.15) is 0 Å². The van der Waals surface area contributed by atoms with E-state index in [9.17, 15) is 4.79 Å². The van der Waals surface area contributed by atoms with Gasteiger partial charge in [0.1, 0.15) is 5.78 Å². The molecule has 2 heteroatoms. The molecule has 2 aliphatic rings. The fourth-order valence-corrected chi connectivity index (χ4v) is 2.49. The second kappa shape index (κ2) is 2.59. The monoisotopic (exact) mass is 153 g/mol. The van der Waals surface area contributed by atoms with Crippen molar-refractivity contribution in [2.24, 2.45) is 5.92 Å². The number of nitrogens with zero attached hydrogens (tertiary/aromatic N) is 1.